The molecule has 1 atom stereocenters. The summed E-state index contributed by atoms with van der Waals surface area (Å²) in [5, 5.41) is 10.4. The van der Waals surface area contributed by atoms with E-state index >= 15 is 0 Å². The van der Waals surface area contributed by atoms with E-state index in [1.165, 1.54) is 18.2 Å². The highest BCUT2D eigenvalue weighted by atomic mass is 35.5. The Bertz CT molecular complexity index is 1290. The van der Waals surface area contributed by atoms with Crippen molar-refractivity contribution in [2.45, 2.75) is 29.4 Å². The van der Waals surface area contributed by atoms with E-state index in [-0.39, 0.29) is 18.2 Å². The molecule has 32 heavy (non-hydrogen) atoms. The Hall–Kier alpha value is -2.68. The zero-order valence-corrected chi connectivity index (χ0v) is 19.9. The van der Waals surface area contributed by atoms with Gasteiger partial charge in [-0.25, -0.2) is 0 Å². The molecule has 1 aliphatic heterocycles. The summed E-state index contributed by atoms with van der Waals surface area (Å²) in [4.78, 5) is 22.2. The number of aromatic nitrogens is 4. The van der Waals surface area contributed by atoms with Crippen molar-refractivity contribution in [3.8, 4) is 0 Å². The van der Waals surface area contributed by atoms with Gasteiger partial charge < -0.3 is 9.80 Å². The number of likely N-dealkylation sites (N-methyl/N-ethyl adjacent to an activating group) is 1. The summed E-state index contributed by atoms with van der Waals surface area (Å²) in [7, 11) is 4.29. The molecule has 7 nitrogen and oxygen atoms in total. The van der Waals surface area contributed by atoms with Crippen molar-refractivity contribution in [2.75, 3.05) is 32.1 Å². The fourth-order valence-corrected chi connectivity index (χ4v) is 4.84. The van der Waals surface area contributed by atoms with Gasteiger partial charge in [-0.15, -0.1) is 22.6 Å². The van der Waals surface area contributed by atoms with Gasteiger partial charge in [0.25, 0.3) is 0 Å². The number of carbonyl (C=O) groups excluding carboxylic acids is 1. The number of halogens is 1. The summed E-state index contributed by atoms with van der Waals surface area (Å²) < 4.78 is 1.87. The molecule has 0 bridgehead atoms. The van der Waals surface area contributed by atoms with Crippen molar-refractivity contribution in [2.24, 2.45) is 0 Å². The van der Waals surface area contributed by atoms with E-state index in [2.05, 4.69) is 51.2 Å². The van der Waals surface area contributed by atoms with Crippen molar-refractivity contribution in [1.82, 2.24) is 24.5 Å². The third kappa shape index (κ3) is 4.30. The summed E-state index contributed by atoms with van der Waals surface area (Å²) in [5.41, 5.74) is 3.50. The molecule has 166 valence electrons. The van der Waals surface area contributed by atoms with E-state index in [0.717, 1.165) is 45.4 Å². The molecule has 1 saturated heterocycles. The monoisotopic (exact) mass is 468 g/mol. The molecule has 1 aromatic carbocycles. The van der Waals surface area contributed by atoms with E-state index < -0.39 is 0 Å². The molecule has 0 unspecified atom stereocenters. The number of fused-ring (bicyclic) bond motifs is 2. The maximum atomic E-state index is 11.8. The summed E-state index contributed by atoms with van der Waals surface area (Å²) in [6, 6.07) is 12.6. The molecule has 0 N–H and O–H groups in total. The number of hydrogen-bond donors (Lipinski definition) is 0. The summed E-state index contributed by atoms with van der Waals surface area (Å²) in [6.07, 6.45) is 4.95. The molecule has 4 heterocycles. The molecule has 3 aromatic heterocycles. The Morgan fingerprint density at radius 2 is 2.00 bits per heavy atom. The minimum absolute atomic E-state index is 0. The van der Waals surface area contributed by atoms with E-state index in [4.69, 9.17) is 0 Å². The lowest BCUT2D eigenvalue weighted by molar-refractivity contribution is 0.101. The highest BCUT2D eigenvalue weighted by molar-refractivity contribution is 7.99. The predicted molar refractivity (Wildman–Crippen MR) is 130 cm³/mol. The first-order valence-electron chi connectivity index (χ1n) is 10.3. The minimum Gasteiger partial charge on any atom is -0.369 e. The van der Waals surface area contributed by atoms with Gasteiger partial charge in [0.2, 0.25) is 0 Å². The molecule has 0 spiro atoms. The van der Waals surface area contributed by atoms with Gasteiger partial charge in [-0.2, -0.15) is 0 Å². The van der Waals surface area contributed by atoms with Gasteiger partial charge in [0.15, 0.2) is 16.6 Å². The molecule has 0 amide bonds. The van der Waals surface area contributed by atoms with Crippen molar-refractivity contribution in [1.29, 1.82) is 0 Å². The molecular weight excluding hydrogens is 444 g/mol. The Morgan fingerprint density at radius 1 is 1.16 bits per heavy atom. The summed E-state index contributed by atoms with van der Waals surface area (Å²) in [5.74, 6) is 0.0225. The van der Waals surface area contributed by atoms with Gasteiger partial charge >= 0.3 is 0 Å². The van der Waals surface area contributed by atoms with Gasteiger partial charge in [-0.1, -0.05) is 0 Å². The molecule has 0 radical (unpaired) electrons. The van der Waals surface area contributed by atoms with Gasteiger partial charge in [0, 0.05) is 41.2 Å². The molecule has 0 aliphatic carbocycles. The number of ketones is 1. The quantitative estimate of drug-likeness (QED) is 0.407. The number of carbonyl (C=O) groups is 1. The molecule has 5 rings (SSSR count). The summed E-state index contributed by atoms with van der Waals surface area (Å²) in [6.45, 7) is 3.64. The fourth-order valence-electron chi connectivity index (χ4n) is 3.99. The van der Waals surface area contributed by atoms with Crippen LogP contribution in [0.3, 0.4) is 0 Å². The van der Waals surface area contributed by atoms with Crippen LogP contribution in [0.4, 0.5) is 5.69 Å². The largest absolute Gasteiger partial charge is 0.369 e. The van der Waals surface area contributed by atoms with E-state index in [9.17, 15) is 4.79 Å². The lowest BCUT2D eigenvalue weighted by Crippen LogP contribution is -2.31. The first kappa shape index (κ1) is 22.5. The number of benzene rings is 1. The zero-order chi connectivity index (χ0) is 21.5. The molecule has 1 aliphatic rings. The average Bonchev–Trinajstić information content (AvgIpc) is 3.41. The van der Waals surface area contributed by atoms with Gasteiger partial charge in [0.05, 0.1) is 17.4 Å². The normalized spacial score (nSPS) is 16.1. The third-order valence-corrected chi connectivity index (χ3v) is 6.83. The third-order valence-electron chi connectivity index (χ3n) is 5.88. The highest BCUT2D eigenvalue weighted by Gasteiger charge is 2.24. The van der Waals surface area contributed by atoms with Crippen LogP contribution >= 0.6 is 24.2 Å². The Kier molecular flexibility index (Phi) is 6.37. The van der Waals surface area contributed by atoms with Crippen molar-refractivity contribution >= 4 is 52.2 Å². The first-order chi connectivity index (χ1) is 15.0. The van der Waals surface area contributed by atoms with Crippen LogP contribution in [0.5, 0.6) is 0 Å². The number of rotatable bonds is 5. The van der Waals surface area contributed by atoms with Crippen LogP contribution in [0, 0.1) is 0 Å². The number of Topliss-reactive ketones (excluding diaryl/α,β-unsaturated/α-hetero) is 1. The maximum absolute atomic E-state index is 11.8. The smallest absolute Gasteiger partial charge is 0.200 e. The summed E-state index contributed by atoms with van der Waals surface area (Å²) >= 11 is 1.53. The second-order valence-electron chi connectivity index (χ2n) is 8.19. The maximum Gasteiger partial charge on any atom is 0.200 e. The van der Waals surface area contributed by atoms with E-state index in [1.54, 1.807) is 19.2 Å². The average molecular weight is 469 g/mol. The lowest BCUT2D eigenvalue weighted by Gasteiger charge is -2.21. The van der Waals surface area contributed by atoms with Gasteiger partial charge in [-0.3, -0.25) is 14.2 Å². The number of pyridine rings is 2. The van der Waals surface area contributed by atoms with Crippen LogP contribution in [0.25, 0.3) is 16.6 Å². The molecule has 1 fully saturated rings. The Balaban J connectivity index is 0.00000245. The van der Waals surface area contributed by atoms with Crippen LogP contribution < -0.4 is 4.90 Å². The molecule has 4 aromatic rings. The molecule has 9 heteroatoms. The topological polar surface area (TPSA) is 66.6 Å². The predicted octanol–water partition coefficient (Wildman–Crippen LogP) is 4.19. The van der Waals surface area contributed by atoms with Crippen LogP contribution in [-0.2, 0) is 0 Å². The molecule has 0 saturated carbocycles. The second kappa shape index (κ2) is 9.05. The van der Waals surface area contributed by atoms with Crippen molar-refractivity contribution in [3.05, 3.63) is 54.4 Å². The van der Waals surface area contributed by atoms with Crippen LogP contribution in [-0.4, -0.2) is 63.5 Å². The van der Waals surface area contributed by atoms with Gasteiger partial charge in [-0.05, 0) is 75.6 Å². The Labute approximate surface area is 197 Å². The van der Waals surface area contributed by atoms with E-state index in [0.29, 0.717) is 11.6 Å². The van der Waals surface area contributed by atoms with Crippen molar-refractivity contribution in [3.63, 3.8) is 0 Å². The Morgan fingerprint density at radius 3 is 2.75 bits per heavy atom. The zero-order valence-electron chi connectivity index (χ0n) is 18.2. The number of nitrogens with zero attached hydrogens (tertiary/aromatic N) is 6. The van der Waals surface area contributed by atoms with Crippen LogP contribution in [0.1, 0.15) is 23.7 Å². The second-order valence-corrected chi connectivity index (χ2v) is 9.23. The number of hydrogen-bond acceptors (Lipinski definition) is 7. The fraction of sp³-hybridized carbons (Fsp3) is 0.304. The first-order valence-corrected chi connectivity index (χ1v) is 11.1. The van der Waals surface area contributed by atoms with Crippen LogP contribution in [0.2, 0.25) is 0 Å². The van der Waals surface area contributed by atoms with E-state index in [1.807, 2.05) is 28.8 Å². The van der Waals surface area contributed by atoms with Crippen LogP contribution in [0.15, 0.2) is 58.8 Å². The SMILES string of the molecule is CC(=O)c1ccc2nnc(Sc3ccc4ncc(N5CC[C@H](N(C)C)C5)cc4c3)n2c1.Cl. The highest BCUT2D eigenvalue weighted by Crippen LogP contribution is 2.31. The lowest BCUT2D eigenvalue weighted by atomic mass is 10.2. The number of anilines is 1. The molecular formula is C23H25ClN6OS. The minimum atomic E-state index is 0. The van der Waals surface area contributed by atoms with Gasteiger partial charge in [0.1, 0.15) is 0 Å². The van der Waals surface area contributed by atoms with Crippen molar-refractivity contribution < 1.29 is 4.79 Å². The standard InChI is InChI=1S/C23H24N6OS.ClH/c1-15(30)16-4-7-22-25-26-23(29(22)13-16)31-20-5-6-21-17(11-20)10-19(12-24-21)28-9-8-18(14-28)27(2)3;/h4-7,10-13,18H,8-9,14H2,1-3H3;1H/t18-;/m0./s1.